The average Bonchev–Trinajstić information content (AvgIpc) is 3.23. The summed E-state index contributed by atoms with van der Waals surface area (Å²) in [5, 5.41) is 7.09. The van der Waals surface area contributed by atoms with Gasteiger partial charge in [0.15, 0.2) is 0 Å². The second-order valence-corrected chi connectivity index (χ2v) is 4.70. The van der Waals surface area contributed by atoms with E-state index in [2.05, 4.69) is 10.4 Å². The molecule has 0 unspecified atom stereocenters. The zero-order valence-electron chi connectivity index (χ0n) is 11.8. The van der Waals surface area contributed by atoms with Crippen LogP contribution in [0.1, 0.15) is 11.3 Å². The Morgan fingerprint density at radius 1 is 1.23 bits per heavy atom. The Hall–Kier alpha value is -3.08. The normalized spacial score (nSPS) is 10.9. The molecule has 0 bridgehead atoms. The molecule has 0 spiro atoms. The van der Waals surface area contributed by atoms with E-state index in [-0.39, 0.29) is 5.91 Å². The van der Waals surface area contributed by atoms with Crippen LogP contribution in [0.15, 0.2) is 71.6 Å². The lowest BCUT2D eigenvalue weighted by molar-refractivity contribution is -0.116. The molecule has 5 heteroatoms. The Labute approximate surface area is 127 Å². The number of carbonyl (C=O) groups excluding carboxylic acids is 1. The monoisotopic (exact) mass is 293 g/mol. The quantitative estimate of drug-likeness (QED) is 0.736. The summed E-state index contributed by atoms with van der Waals surface area (Å²) in [6.07, 6.45) is 8.27. The van der Waals surface area contributed by atoms with E-state index in [0.29, 0.717) is 12.3 Å². The summed E-state index contributed by atoms with van der Waals surface area (Å²) >= 11 is 0. The van der Waals surface area contributed by atoms with Gasteiger partial charge in [0, 0.05) is 24.4 Å². The Kier molecular flexibility index (Phi) is 4.15. The maximum Gasteiger partial charge on any atom is 0.244 e. The van der Waals surface area contributed by atoms with Crippen LogP contribution < -0.4 is 5.32 Å². The van der Waals surface area contributed by atoms with Crippen LogP contribution in [-0.4, -0.2) is 15.7 Å². The Balaban J connectivity index is 1.56. The summed E-state index contributed by atoms with van der Waals surface area (Å²) in [6, 6.07) is 13.4. The maximum absolute atomic E-state index is 11.7. The zero-order valence-corrected chi connectivity index (χ0v) is 11.8. The highest BCUT2D eigenvalue weighted by atomic mass is 16.3. The molecule has 0 aliphatic carbocycles. The van der Waals surface area contributed by atoms with Crippen LogP contribution in [-0.2, 0) is 11.3 Å². The summed E-state index contributed by atoms with van der Waals surface area (Å²) in [6.45, 7) is 0.425. The minimum atomic E-state index is -0.177. The highest BCUT2D eigenvalue weighted by Crippen LogP contribution is 2.07. The van der Waals surface area contributed by atoms with E-state index < -0.39 is 0 Å². The number of hydrogen-bond acceptors (Lipinski definition) is 3. The van der Waals surface area contributed by atoms with E-state index in [1.165, 1.54) is 6.08 Å². The van der Waals surface area contributed by atoms with Crippen LogP contribution in [0.5, 0.6) is 0 Å². The Morgan fingerprint density at radius 3 is 2.86 bits per heavy atom. The minimum absolute atomic E-state index is 0.177. The minimum Gasteiger partial charge on any atom is -0.465 e. The fourth-order valence-electron chi connectivity index (χ4n) is 1.97. The molecule has 1 aromatic carbocycles. The van der Waals surface area contributed by atoms with Gasteiger partial charge in [-0.15, -0.1) is 0 Å². The molecule has 0 aliphatic heterocycles. The molecule has 0 atom stereocenters. The van der Waals surface area contributed by atoms with Crippen molar-refractivity contribution in [2.75, 3.05) is 0 Å². The first-order chi connectivity index (χ1) is 10.8. The van der Waals surface area contributed by atoms with Crippen LogP contribution in [0.4, 0.5) is 0 Å². The van der Waals surface area contributed by atoms with Crippen molar-refractivity contribution in [2.24, 2.45) is 0 Å². The fourth-order valence-corrected chi connectivity index (χ4v) is 1.97. The number of para-hydroxylation sites is 1. The van der Waals surface area contributed by atoms with Crippen LogP contribution in [0.25, 0.3) is 11.8 Å². The van der Waals surface area contributed by atoms with Crippen molar-refractivity contribution in [2.45, 2.75) is 6.54 Å². The van der Waals surface area contributed by atoms with Gasteiger partial charge in [0.2, 0.25) is 5.91 Å². The predicted octanol–water partition coefficient (Wildman–Crippen LogP) is 2.79. The number of furan rings is 1. The van der Waals surface area contributed by atoms with Gasteiger partial charge in [-0.1, -0.05) is 18.2 Å². The molecule has 5 nitrogen and oxygen atoms in total. The summed E-state index contributed by atoms with van der Waals surface area (Å²) in [5.41, 5.74) is 1.92. The highest BCUT2D eigenvalue weighted by Gasteiger charge is 2.02. The molecule has 22 heavy (non-hydrogen) atoms. The molecule has 2 heterocycles. The second-order valence-electron chi connectivity index (χ2n) is 4.70. The van der Waals surface area contributed by atoms with E-state index in [4.69, 9.17) is 4.42 Å². The number of carbonyl (C=O) groups is 1. The molecule has 0 saturated carbocycles. The number of hydrogen-bond donors (Lipinski definition) is 1. The summed E-state index contributed by atoms with van der Waals surface area (Å²) in [7, 11) is 0. The van der Waals surface area contributed by atoms with Crippen molar-refractivity contribution in [3.05, 3.63) is 78.5 Å². The lowest BCUT2D eigenvalue weighted by Gasteiger charge is -2.00. The number of nitrogens with zero attached hydrogens (tertiary/aromatic N) is 2. The molecule has 3 rings (SSSR count). The van der Waals surface area contributed by atoms with E-state index in [0.717, 1.165) is 11.3 Å². The third-order valence-corrected chi connectivity index (χ3v) is 3.07. The molecule has 0 aliphatic rings. The third kappa shape index (κ3) is 3.52. The van der Waals surface area contributed by atoms with Crippen molar-refractivity contribution in [3.8, 4) is 5.69 Å². The average molecular weight is 293 g/mol. The molecule has 1 amide bonds. The SMILES string of the molecule is O=C(/C=C/c1ccco1)NCc1cnn(-c2ccccc2)c1. The summed E-state index contributed by atoms with van der Waals surface area (Å²) in [4.78, 5) is 11.7. The van der Waals surface area contributed by atoms with Crippen LogP contribution in [0, 0.1) is 0 Å². The first kappa shape index (κ1) is 13.9. The predicted molar refractivity (Wildman–Crippen MR) is 83.2 cm³/mol. The molecule has 0 fully saturated rings. The van der Waals surface area contributed by atoms with E-state index in [9.17, 15) is 4.79 Å². The second kappa shape index (κ2) is 6.58. The number of nitrogens with one attached hydrogen (secondary N) is 1. The van der Waals surface area contributed by atoms with Crippen LogP contribution in [0.3, 0.4) is 0 Å². The van der Waals surface area contributed by atoms with Crippen molar-refractivity contribution < 1.29 is 9.21 Å². The van der Waals surface area contributed by atoms with Crippen molar-refractivity contribution in [3.63, 3.8) is 0 Å². The number of aromatic nitrogens is 2. The van der Waals surface area contributed by atoms with Gasteiger partial charge in [0.1, 0.15) is 5.76 Å². The van der Waals surface area contributed by atoms with Crippen molar-refractivity contribution in [1.82, 2.24) is 15.1 Å². The van der Waals surface area contributed by atoms with Crippen LogP contribution in [0.2, 0.25) is 0 Å². The lowest BCUT2D eigenvalue weighted by atomic mass is 10.3. The molecular formula is C17H15N3O2. The fraction of sp³-hybridized carbons (Fsp3) is 0.0588. The molecule has 2 aromatic heterocycles. The van der Waals surface area contributed by atoms with E-state index in [1.807, 2.05) is 36.5 Å². The smallest absolute Gasteiger partial charge is 0.244 e. The Bertz CT molecular complexity index is 758. The van der Waals surface area contributed by atoms with Crippen molar-refractivity contribution >= 4 is 12.0 Å². The topological polar surface area (TPSA) is 60.1 Å². The van der Waals surface area contributed by atoms with E-state index >= 15 is 0 Å². The zero-order chi connectivity index (χ0) is 15.2. The standard InChI is InChI=1S/C17H15N3O2/c21-17(9-8-16-7-4-10-22-16)18-11-14-12-19-20(13-14)15-5-2-1-3-6-15/h1-10,12-13H,11H2,(H,18,21)/b9-8+. The van der Waals surface area contributed by atoms with Gasteiger partial charge in [-0.2, -0.15) is 5.10 Å². The van der Waals surface area contributed by atoms with E-state index in [1.54, 1.807) is 35.4 Å². The number of rotatable bonds is 5. The van der Waals surface area contributed by atoms with Gasteiger partial charge in [-0.3, -0.25) is 4.79 Å². The molecule has 1 N–H and O–H groups in total. The van der Waals surface area contributed by atoms with Crippen LogP contribution >= 0.6 is 0 Å². The first-order valence-electron chi connectivity index (χ1n) is 6.90. The highest BCUT2D eigenvalue weighted by molar-refractivity contribution is 5.91. The maximum atomic E-state index is 11.7. The van der Waals surface area contributed by atoms with Gasteiger partial charge in [0.05, 0.1) is 18.1 Å². The Morgan fingerprint density at radius 2 is 2.09 bits per heavy atom. The molecule has 3 aromatic rings. The lowest BCUT2D eigenvalue weighted by Crippen LogP contribution is -2.19. The van der Waals surface area contributed by atoms with Gasteiger partial charge in [-0.25, -0.2) is 4.68 Å². The molecule has 0 saturated heterocycles. The van der Waals surface area contributed by atoms with Gasteiger partial charge >= 0.3 is 0 Å². The number of benzene rings is 1. The van der Waals surface area contributed by atoms with Gasteiger partial charge in [0.25, 0.3) is 0 Å². The molecule has 110 valence electrons. The van der Waals surface area contributed by atoms with Gasteiger partial charge in [-0.05, 0) is 30.3 Å². The molecular weight excluding hydrogens is 278 g/mol. The number of amides is 1. The summed E-state index contributed by atoms with van der Waals surface area (Å²) in [5.74, 6) is 0.468. The third-order valence-electron chi connectivity index (χ3n) is 3.07. The summed E-state index contributed by atoms with van der Waals surface area (Å²) < 4.78 is 6.90. The van der Waals surface area contributed by atoms with Crippen molar-refractivity contribution in [1.29, 1.82) is 0 Å². The first-order valence-corrected chi connectivity index (χ1v) is 6.90. The largest absolute Gasteiger partial charge is 0.465 e. The van der Waals surface area contributed by atoms with Gasteiger partial charge < -0.3 is 9.73 Å². The molecule has 0 radical (unpaired) electrons.